The van der Waals surface area contributed by atoms with Crippen LogP contribution in [0.15, 0.2) is 35.4 Å². The average molecular weight is 280 g/mol. The van der Waals surface area contributed by atoms with Gasteiger partial charge in [-0.1, -0.05) is 17.3 Å². The summed E-state index contributed by atoms with van der Waals surface area (Å²) in [4.78, 5) is 0.318. The molecule has 0 radical (unpaired) electrons. The fourth-order valence-electron chi connectivity index (χ4n) is 1.71. The lowest BCUT2D eigenvalue weighted by Crippen LogP contribution is -2.03. The Kier molecular flexibility index (Phi) is 3.96. The van der Waals surface area contributed by atoms with Gasteiger partial charge >= 0.3 is 0 Å². The van der Waals surface area contributed by atoms with Crippen LogP contribution in [0.25, 0.3) is 0 Å². The summed E-state index contributed by atoms with van der Waals surface area (Å²) >= 11 is 0. The SMILES string of the molecule is CS(=O)(=O)c1ccc(Cn2cc(CCN)nn2)cc1. The van der Waals surface area contributed by atoms with Crippen molar-refractivity contribution in [3.8, 4) is 0 Å². The largest absolute Gasteiger partial charge is 0.330 e. The van der Waals surface area contributed by atoms with E-state index in [1.165, 1.54) is 6.26 Å². The lowest BCUT2D eigenvalue weighted by Gasteiger charge is -2.02. The number of hydrogen-bond acceptors (Lipinski definition) is 5. The van der Waals surface area contributed by atoms with Gasteiger partial charge in [-0.05, 0) is 24.2 Å². The van der Waals surface area contributed by atoms with Gasteiger partial charge in [0.25, 0.3) is 0 Å². The molecular formula is C12H16N4O2S. The van der Waals surface area contributed by atoms with Crippen LogP contribution in [0.1, 0.15) is 11.3 Å². The van der Waals surface area contributed by atoms with E-state index in [0.717, 1.165) is 11.3 Å². The fraction of sp³-hybridized carbons (Fsp3) is 0.333. The van der Waals surface area contributed by atoms with E-state index in [1.807, 2.05) is 6.20 Å². The minimum atomic E-state index is -3.14. The smallest absolute Gasteiger partial charge is 0.175 e. The van der Waals surface area contributed by atoms with Gasteiger partial charge in [-0.15, -0.1) is 5.10 Å². The minimum Gasteiger partial charge on any atom is -0.330 e. The van der Waals surface area contributed by atoms with E-state index in [0.29, 0.717) is 24.4 Å². The van der Waals surface area contributed by atoms with Gasteiger partial charge < -0.3 is 5.73 Å². The molecule has 102 valence electrons. The monoisotopic (exact) mass is 280 g/mol. The van der Waals surface area contributed by atoms with Crippen LogP contribution in [0, 0.1) is 0 Å². The second-order valence-electron chi connectivity index (χ2n) is 4.36. The molecular weight excluding hydrogens is 264 g/mol. The summed E-state index contributed by atoms with van der Waals surface area (Å²) in [6.07, 6.45) is 3.74. The maximum absolute atomic E-state index is 11.3. The second-order valence-corrected chi connectivity index (χ2v) is 6.38. The number of nitrogens with zero attached hydrogens (tertiary/aromatic N) is 3. The number of sulfone groups is 1. The molecule has 0 spiro atoms. The molecule has 7 heteroatoms. The van der Waals surface area contributed by atoms with Crippen molar-refractivity contribution in [1.29, 1.82) is 0 Å². The number of aromatic nitrogens is 3. The van der Waals surface area contributed by atoms with Gasteiger partial charge in [0, 0.05) is 18.9 Å². The van der Waals surface area contributed by atoms with Gasteiger partial charge in [-0.3, -0.25) is 0 Å². The molecule has 6 nitrogen and oxygen atoms in total. The molecule has 0 aliphatic carbocycles. The van der Waals surface area contributed by atoms with Crippen molar-refractivity contribution < 1.29 is 8.42 Å². The van der Waals surface area contributed by atoms with Crippen LogP contribution in [0.2, 0.25) is 0 Å². The molecule has 0 fully saturated rings. The first-order chi connectivity index (χ1) is 8.99. The van der Waals surface area contributed by atoms with E-state index in [9.17, 15) is 8.42 Å². The Morgan fingerprint density at radius 3 is 2.53 bits per heavy atom. The quantitative estimate of drug-likeness (QED) is 0.846. The van der Waals surface area contributed by atoms with E-state index in [1.54, 1.807) is 28.9 Å². The predicted octanol–water partition coefficient (Wildman–Crippen LogP) is 0.231. The lowest BCUT2D eigenvalue weighted by atomic mass is 10.2. The molecule has 0 bridgehead atoms. The van der Waals surface area contributed by atoms with Crippen LogP contribution in [0.5, 0.6) is 0 Å². The van der Waals surface area contributed by atoms with Crippen LogP contribution < -0.4 is 5.73 Å². The van der Waals surface area contributed by atoms with E-state index in [2.05, 4.69) is 10.3 Å². The van der Waals surface area contributed by atoms with Crippen LogP contribution in [-0.4, -0.2) is 36.2 Å². The zero-order valence-electron chi connectivity index (χ0n) is 10.7. The summed E-state index contributed by atoms with van der Waals surface area (Å²) < 4.78 is 24.4. The summed E-state index contributed by atoms with van der Waals surface area (Å²) in [7, 11) is -3.14. The van der Waals surface area contributed by atoms with E-state index in [-0.39, 0.29) is 0 Å². The molecule has 19 heavy (non-hydrogen) atoms. The molecule has 2 rings (SSSR count). The molecule has 0 atom stereocenters. The van der Waals surface area contributed by atoms with Crippen LogP contribution in [-0.2, 0) is 22.8 Å². The van der Waals surface area contributed by atoms with Crippen molar-refractivity contribution in [2.24, 2.45) is 5.73 Å². The molecule has 0 amide bonds. The Morgan fingerprint density at radius 1 is 1.26 bits per heavy atom. The third-order valence-corrected chi connectivity index (χ3v) is 3.81. The highest BCUT2D eigenvalue weighted by molar-refractivity contribution is 7.90. The van der Waals surface area contributed by atoms with Crippen LogP contribution >= 0.6 is 0 Å². The third kappa shape index (κ3) is 3.62. The Bertz CT molecular complexity index is 647. The van der Waals surface area contributed by atoms with Crippen LogP contribution in [0.4, 0.5) is 0 Å². The van der Waals surface area contributed by atoms with Crippen molar-refractivity contribution in [1.82, 2.24) is 15.0 Å². The van der Waals surface area contributed by atoms with Crippen molar-refractivity contribution in [3.63, 3.8) is 0 Å². The maximum Gasteiger partial charge on any atom is 0.175 e. The van der Waals surface area contributed by atoms with Gasteiger partial charge in [0.1, 0.15) is 0 Å². The molecule has 0 aliphatic rings. The number of hydrogen-bond donors (Lipinski definition) is 1. The van der Waals surface area contributed by atoms with Gasteiger partial charge in [0.05, 0.1) is 17.1 Å². The molecule has 2 N–H and O–H groups in total. The minimum absolute atomic E-state index is 0.318. The molecule has 0 aliphatic heterocycles. The number of benzene rings is 1. The standard InChI is InChI=1S/C12H16N4O2S/c1-19(17,18)12-4-2-10(3-5-12)8-16-9-11(6-7-13)14-15-16/h2-5,9H,6-8,13H2,1H3. The number of rotatable bonds is 5. The number of nitrogens with two attached hydrogens (primary N) is 1. The predicted molar refractivity (Wildman–Crippen MR) is 71.4 cm³/mol. The Hall–Kier alpha value is -1.73. The van der Waals surface area contributed by atoms with Crippen molar-refractivity contribution in [3.05, 3.63) is 41.7 Å². The normalized spacial score (nSPS) is 11.7. The third-order valence-electron chi connectivity index (χ3n) is 2.68. The summed E-state index contributed by atoms with van der Waals surface area (Å²) in [6, 6.07) is 6.76. The zero-order chi connectivity index (χ0) is 13.9. The van der Waals surface area contributed by atoms with Crippen molar-refractivity contribution in [2.75, 3.05) is 12.8 Å². The maximum atomic E-state index is 11.3. The lowest BCUT2D eigenvalue weighted by molar-refractivity contribution is 0.601. The molecule has 1 aromatic heterocycles. The zero-order valence-corrected chi connectivity index (χ0v) is 11.5. The fourth-order valence-corrected chi connectivity index (χ4v) is 2.34. The van der Waals surface area contributed by atoms with Crippen molar-refractivity contribution in [2.45, 2.75) is 17.9 Å². The van der Waals surface area contributed by atoms with Crippen molar-refractivity contribution >= 4 is 9.84 Å². The molecule has 1 aromatic carbocycles. The summed E-state index contributed by atoms with van der Waals surface area (Å²) in [5.41, 5.74) is 7.27. The van der Waals surface area contributed by atoms with Gasteiger partial charge in [-0.25, -0.2) is 13.1 Å². The summed E-state index contributed by atoms with van der Waals surface area (Å²) in [5.74, 6) is 0. The Balaban J connectivity index is 2.10. The highest BCUT2D eigenvalue weighted by Gasteiger charge is 2.06. The Morgan fingerprint density at radius 2 is 1.95 bits per heavy atom. The average Bonchev–Trinajstić information content (AvgIpc) is 2.77. The van der Waals surface area contributed by atoms with E-state index >= 15 is 0 Å². The topological polar surface area (TPSA) is 90.9 Å². The van der Waals surface area contributed by atoms with Gasteiger partial charge in [-0.2, -0.15) is 0 Å². The molecule has 1 heterocycles. The first-order valence-corrected chi connectivity index (χ1v) is 7.76. The van der Waals surface area contributed by atoms with Crippen LogP contribution in [0.3, 0.4) is 0 Å². The molecule has 0 unspecified atom stereocenters. The first-order valence-electron chi connectivity index (χ1n) is 5.87. The second kappa shape index (κ2) is 5.50. The first kappa shape index (κ1) is 13.7. The summed E-state index contributed by atoms with van der Waals surface area (Å²) in [5, 5.41) is 7.99. The Labute approximate surface area is 112 Å². The molecule has 0 saturated carbocycles. The highest BCUT2D eigenvalue weighted by Crippen LogP contribution is 2.11. The van der Waals surface area contributed by atoms with Gasteiger partial charge in [0.2, 0.25) is 0 Å². The summed E-state index contributed by atoms with van der Waals surface area (Å²) in [6.45, 7) is 1.10. The van der Waals surface area contributed by atoms with Gasteiger partial charge in [0.15, 0.2) is 9.84 Å². The highest BCUT2D eigenvalue weighted by atomic mass is 32.2. The van der Waals surface area contributed by atoms with E-state index in [4.69, 9.17) is 5.73 Å². The molecule has 2 aromatic rings. The van der Waals surface area contributed by atoms with E-state index < -0.39 is 9.84 Å². The molecule has 0 saturated heterocycles.